The molecule has 0 atom stereocenters. The highest BCUT2D eigenvalue weighted by atomic mass is 32.2. The molecule has 5 nitrogen and oxygen atoms in total. The molecule has 0 saturated carbocycles. The van der Waals surface area contributed by atoms with E-state index >= 15 is 0 Å². The molecule has 0 bridgehead atoms. The quantitative estimate of drug-likeness (QED) is 0.868. The van der Waals surface area contributed by atoms with Gasteiger partial charge in [-0.15, -0.1) is 5.10 Å². The van der Waals surface area contributed by atoms with Crippen molar-refractivity contribution < 1.29 is 12.8 Å². The van der Waals surface area contributed by atoms with Gasteiger partial charge in [0.15, 0.2) is 14.9 Å². The van der Waals surface area contributed by atoms with Crippen molar-refractivity contribution in [1.82, 2.24) is 9.78 Å². The van der Waals surface area contributed by atoms with Crippen LogP contribution < -0.4 is 5.73 Å². The number of anilines is 1. The molecule has 2 N–H and O–H groups in total. The first-order valence-corrected chi connectivity index (χ1v) is 6.58. The van der Waals surface area contributed by atoms with Gasteiger partial charge in [0, 0.05) is 12.3 Å². The van der Waals surface area contributed by atoms with Crippen molar-refractivity contribution in [3.63, 3.8) is 0 Å². The van der Waals surface area contributed by atoms with E-state index in [2.05, 4.69) is 5.10 Å². The van der Waals surface area contributed by atoms with Crippen LogP contribution in [0.2, 0.25) is 0 Å². The lowest BCUT2D eigenvalue weighted by Crippen LogP contribution is -2.07. The Hall–Kier alpha value is -1.89. The molecule has 7 heteroatoms. The minimum atomic E-state index is -3.44. The number of aromatic nitrogens is 2. The molecule has 0 aliphatic heterocycles. The normalized spacial score (nSPS) is 11.6. The van der Waals surface area contributed by atoms with Gasteiger partial charge in [-0.25, -0.2) is 17.5 Å². The van der Waals surface area contributed by atoms with Gasteiger partial charge in [-0.3, -0.25) is 0 Å². The summed E-state index contributed by atoms with van der Waals surface area (Å²) in [5, 5.41) is 3.84. The zero-order chi connectivity index (χ0) is 12.6. The summed E-state index contributed by atoms with van der Waals surface area (Å²) < 4.78 is 37.0. The number of sulfone groups is 1. The third-order valence-corrected chi connectivity index (χ3v) is 3.20. The number of nitrogens with zero attached hydrogens (tertiary/aromatic N) is 2. The lowest BCUT2D eigenvalue weighted by Gasteiger charge is -2.05. The first-order chi connectivity index (χ1) is 7.88. The van der Waals surface area contributed by atoms with Crippen molar-refractivity contribution in [3.05, 3.63) is 36.1 Å². The molecule has 0 aliphatic carbocycles. The average Bonchev–Trinajstić information content (AvgIpc) is 2.61. The van der Waals surface area contributed by atoms with Gasteiger partial charge < -0.3 is 5.73 Å². The molecule has 1 heterocycles. The predicted molar refractivity (Wildman–Crippen MR) is 61.0 cm³/mol. The molecule has 90 valence electrons. The van der Waals surface area contributed by atoms with Gasteiger partial charge in [0.1, 0.15) is 11.6 Å². The molecule has 2 aromatic rings. The monoisotopic (exact) mass is 255 g/mol. The van der Waals surface area contributed by atoms with Gasteiger partial charge in [0.2, 0.25) is 0 Å². The number of nitrogen functional groups attached to an aromatic ring is 1. The molecular formula is C10H10FN3O2S. The Bertz CT molecular complexity index is 647. The lowest BCUT2D eigenvalue weighted by molar-refractivity contribution is 0.591. The van der Waals surface area contributed by atoms with Gasteiger partial charge in [-0.1, -0.05) is 0 Å². The minimum Gasteiger partial charge on any atom is -0.382 e. The van der Waals surface area contributed by atoms with Crippen LogP contribution >= 0.6 is 0 Å². The molecule has 0 fully saturated rings. The molecule has 0 saturated heterocycles. The first-order valence-electron chi connectivity index (χ1n) is 4.69. The highest BCUT2D eigenvalue weighted by Gasteiger charge is 2.17. The Labute approximate surface area is 97.6 Å². The molecule has 0 aliphatic rings. The Balaban J connectivity index is 2.64. The van der Waals surface area contributed by atoms with E-state index in [1.807, 2.05) is 0 Å². The van der Waals surface area contributed by atoms with Crippen LogP contribution in [-0.4, -0.2) is 24.5 Å². The van der Waals surface area contributed by atoms with Crippen LogP contribution in [0.5, 0.6) is 0 Å². The summed E-state index contributed by atoms with van der Waals surface area (Å²) in [6.45, 7) is 0. The Morgan fingerprint density at radius 3 is 2.41 bits per heavy atom. The van der Waals surface area contributed by atoms with E-state index in [9.17, 15) is 12.8 Å². The molecule has 0 unspecified atom stereocenters. The Morgan fingerprint density at radius 1 is 1.29 bits per heavy atom. The van der Waals surface area contributed by atoms with E-state index in [1.165, 1.54) is 35.0 Å². The van der Waals surface area contributed by atoms with Gasteiger partial charge in [0.05, 0.1) is 5.69 Å². The number of halogens is 1. The third kappa shape index (κ3) is 2.28. The number of hydrogen-bond donors (Lipinski definition) is 1. The van der Waals surface area contributed by atoms with Crippen molar-refractivity contribution in [2.75, 3.05) is 12.0 Å². The number of hydrogen-bond acceptors (Lipinski definition) is 4. The van der Waals surface area contributed by atoms with E-state index in [0.29, 0.717) is 5.69 Å². The van der Waals surface area contributed by atoms with E-state index in [-0.39, 0.29) is 10.8 Å². The van der Waals surface area contributed by atoms with Crippen LogP contribution in [0, 0.1) is 5.82 Å². The van der Waals surface area contributed by atoms with Crippen molar-refractivity contribution in [2.24, 2.45) is 0 Å². The molecule has 0 amide bonds. The van der Waals surface area contributed by atoms with E-state index in [4.69, 9.17) is 5.73 Å². The second-order valence-corrected chi connectivity index (χ2v) is 5.53. The molecule has 1 aromatic heterocycles. The number of benzene rings is 1. The molecule has 0 radical (unpaired) electrons. The van der Waals surface area contributed by atoms with E-state index in [1.54, 1.807) is 0 Å². The van der Waals surface area contributed by atoms with Crippen molar-refractivity contribution in [1.29, 1.82) is 0 Å². The maximum atomic E-state index is 12.8. The fourth-order valence-electron chi connectivity index (χ4n) is 1.41. The van der Waals surface area contributed by atoms with Crippen LogP contribution in [0.4, 0.5) is 10.2 Å². The summed E-state index contributed by atoms with van der Waals surface area (Å²) in [6.07, 6.45) is 1.06. The molecule has 1 aromatic carbocycles. The third-order valence-electron chi connectivity index (χ3n) is 2.15. The van der Waals surface area contributed by atoms with Crippen molar-refractivity contribution in [3.8, 4) is 5.69 Å². The summed E-state index contributed by atoms with van der Waals surface area (Å²) in [6, 6.07) is 6.56. The van der Waals surface area contributed by atoms with Gasteiger partial charge in [-0.05, 0) is 24.3 Å². The van der Waals surface area contributed by atoms with Crippen LogP contribution in [0.1, 0.15) is 0 Å². The molecule has 0 spiro atoms. The zero-order valence-electron chi connectivity index (χ0n) is 8.96. The standard InChI is InChI=1S/C10H10FN3O2S/c1-17(15,16)10-6-9(12)13-14(10)8-4-2-7(11)3-5-8/h2-6H,1H3,(H2,12,13). The van der Waals surface area contributed by atoms with Crippen LogP contribution in [-0.2, 0) is 9.84 Å². The number of nitrogens with two attached hydrogens (primary N) is 1. The molecule has 17 heavy (non-hydrogen) atoms. The summed E-state index contributed by atoms with van der Waals surface area (Å²) >= 11 is 0. The highest BCUT2D eigenvalue weighted by molar-refractivity contribution is 7.90. The second kappa shape index (κ2) is 3.85. The van der Waals surface area contributed by atoms with Crippen LogP contribution in [0.3, 0.4) is 0 Å². The lowest BCUT2D eigenvalue weighted by atomic mass is 10.3. The zero-order valence-corrected chi connectivity index (χ0v) is 9.78. The summed E-state index contributed by atoms with van der Waals surface area (Å²) in [7, 11) is -3.44. The topological polar surface area (TPSA) is 78.0 Å². The fourth-order valence-corrected chi connectivity index (χ4v) is 2.21. The average molecular weight is 255 g/mol. The maximum absolute atomic E-state index is 12.8. The summed E-state index contributed by atoms with van der Waals surface area (Å²) in [5.41, 5.74) is 5.91. The van der Waals surface area contributed by atoms with Crippen molar-refractivity contribution in [2.45, 2.75) is 5.03 Å². The SMILES string of the molecule is CS(=O)(=O)c1cc(N)nn1-c1ccc(F)cc1. The maximum Gasteiger partial charge on any atom is 0.192 e. The van der Waals surface area contributed by atoms with Crippen LogP contribution in [0.25, 0.3) is 5.69 Å². The smallest absolute Gasteiger partial charge is 0.192 e. The largest absolute Gasteiger partial charge is 0.382 e. The molecule has 2 rings (SSSR count). The van der Waals surface area contributed by atoms with Crippen LogP contribution in [0.15, 0.2) is 35.4 Å². The van der Waals surface area contributed by atoms with E-state index in [0.717, 1.165) is 6.26 Å². The minimum absolute atomic E-state index is 0.0263. The fraction of sp³-hybridized carbons (Fsp3) is 0.100. The summed E-state index contributed by atoms with van der Waals surface area (Å²) in [5.74, 6) is -0.315. The Kier molecular flexibility index (Phi) is 2.62. The first kappa shape index (κ1) is 11.6. The van der Waals surface area contributed by atoms with Crippen molar-refractivity contribution >= 4 is 15.7 Å². The molecular weight excluding hydrogens is 245 g/mol. The van der Waals surface area contributed by atoms with E-state index < -0.39 is 15.7 Å². The summed E-state index contributed by atoms with van der Waals surface area (Å²) in [4.78, 5) is 0. The van der Waals surface area contributed by atoms with Gasteiger partial charge in [-0.2, -0.15) is 0 Å². The second-order valence-electron chi connectivity index (χ2n) is 3.57. The van der Waals surface area contributed by atoms with Gasteiger partial charge in [0.25, 0.3) is 0 Å². The van der Waals surface area contributed by atoms with Gasteiger partial charge >= 0.3 is 0 Å². The highest BCUT2D eigenvalue weighted by Crippen LogP contribution is 2.18. The number of rotatable bonds is 2. The predicted octanol–water partition coefficient (Wildman–Crippen LogP) is 0.997. The Morgan fingerprint density at radius 2 is 1.88 bits per heavy atom.